The van der Waals surface area contributed by atoms with Gasteiger partial charge in [0.15, 0.2) is 11.6 Å². The van der Waals surface area contributed by atoms with Gasteiger partial charge in [0.2, 0.25) is 0 Å². The highest BCUT2D eigenvalue weighted by molar-refractivity contribution is 6.01. The minimum atomic E-state index is -1.10. The molecule has 0 aliphatic heterocycles. The first-order valence-electron chi connectivity index (χ1n) is 5.85. The lowest BCUT2D eigenvalue weighted by Crippen LogP contribution is -2.36. The molecule has 0 radical (unpaired) electrons. The minimum Gasteiger partial charge on any atom is -0.383 e. The summed E-state index contributed by atoms with van der Waals surface area (Å²) in [6.45, 7) is 1.97. The highest BCUT2D eigenvalue weighted by Gasteiger charge is 2.14. The molecule has 0 aliphatic rings. The van der Waals surface area contributed by atoms with Crippen LogP contribution in [0.3, 0.4) is 0 Å². The van der Waals surface area contributed by atoms with Crippen LogP contribution in [0.2, 0.25) is 0 Å². The molecule has 0 heterocycles. The van der Waals surface area contributed by atoms with E-state index < -0.39 is 17.5 Å². The van der Waals surface area contributed by atoms with Gasteiger partial charge >= 0.3 is 0 Å². The average molecular weight is 280 g/mol. The molecule has 0 saturated heterocycles. The molecule has 1 aromatic carbocycles. The fourth-order valence-corrected chi connectivity index (χ4v) is 1.53. The number of carbonyl (C=O) groups is 1. The Kier molecular flexibility index (Phi) is 5.81. The summed E-state index contributed by atoms with van der Waals surface area (Å²) in [4.78, 5) is 11.8. The molecule has 0 saturated carbocycles. The number of amides is 1. The number of ether oxygens (including phenoxy) is 1. The molecular formula is C14H14F2N2O2. The summed E-state index contributed by atoms with van der Waals surface area (Å²) in [7, 11) is 1.48. The molecule has 0 aliphatic carbocycles. The largest absolute Gasteiger partial charge is 0.383 e. The van der Waals surface area contributed by atoms with Gasteiger partial charge < -0.3 is 10.1 Å². The highest BCUT2D eigenvalue weighted by Crippen LogP contribution is 2.15. The van der Waals surface area contributed by atoms with Crippen LogP contribution in [-0.2, 0) is 9.53 Å². The van der Waals surface area contributed by atoms with Crippen LogP contribution < -0.4 is 5.32 Å². The molecule has 20 heavy (non-hydrogen) atoms. The monoisotopic (exact) mass is 280 g/mol. The molecule has 1 rings (SSSR count). The van der Waals surface area contributed by atoms with Crippen molar-refractivity contribution in [2.45, 2.75) is 13.0 Å². The summed E-state index contributed by atoms with van der Waals surface area (Å²) in [5.41, 5.74) is -0.464. The number of nitrogens with one attached hydrogen (secondary N) is 1. The second-order valence-electron chi connectivity index (χ2n) is 4.14. The van der Waals surface area contributed by atoms with Crippen LogP contribution in [0.1, 0.15) is 12.5 Å². The second kappa shape index (κ2) is 7.36. The van der Waals surface area contributed by atoms with E-state index in [2.05, 4.69) is 5.32 Å². The molecule has 0 spiro atoms. The van der Waals surface area contributed by atoms with Gasteiger partial charge in [0.25, 0.3) is 5.91 Å². The lowest BCUT2D eigenvalue weighted by Gasteiger charge is -2.12. The maximum absolute atomic E-state index is 13.5. The van der Waals surface area contributed by atoms with Gasteiger partial charge in [-0.2, -0.15) is 5.26 Å². The van der Waals surface area contributed by atoms with E-state index >= 15 is 0 Å². The van der Waals surface area contributed by atoms with Crippen LogP contribution in [0.15, 0.2) is 23.8 Å². The number of benzene rings is 1. The first-order valence-corrected chi connectivity index (χ1v) is 5.85. The normalized spacial score (nSPS) is 12.7. The van der Waals surface area contributed by atoms with Gasteiger partial charge in [-0.25, -0.2) is 8.78 Å². The van der Waals surface area contributed by atoms with E-state index in [-0.39, 0.29) is 23.8 Å². The van der Waals surface area contributed by atoms with E-state index in [4.69, 9.17) is 10.00 Å². The number of nitrogens with zero attached hydrogens (tertiary/aromatic N) is 1. The Bertz CT molecular complexity index is 565. The van der Waals surface area contributed by atoms with Crippen LogP contribution in [0.4, 0.5) is 8.78 Å². The average Bonchev–Trinajstić information content (AvgIpc) is 2.40. The summed E-state index contributed by atoms with van der Waals surface area (Å²) in [6, 6.07) is 4.89. The third-order valence-electron chi connectivity index (χ3n) is 2.44. The van der Waals surface area contributed by atoms with E-state index in [0.29, 0.717) is 0 Å². The van der Waals surface area contributed by atoms with Crippen LogP contribution in [0.25, 0.3) is 6.08 Å². The van der Waals surface area contributed by atoms with Crippen molar-refractivity contribution in [1.82, 2.24) is 5.32 Å². The van der Waals surface area contributed by atoms with Crippen LogP contribution >= 0.6 is 0 Å². The van der Waals surface area contributed by atoms with Crippen LogP contribution in [-0.4, -0.2) is 25.7 Å². The van der Waals surface area contributed by atoms with Gasteiger partial charge in [-0.15, -0.1) is 0 Å². The van der Waals surface area contributed by atoms with E-state index in [9.17, 15) is 13.6 Å². The number of hydrogen-bond acceptors (Lipinski definition) is 3. The van der Waals surface area contributed by atoms with Crippen molar-refractivity contribution in [2.24, 2.45) is 0 Å². The van der Waals surface area contributed by atoms with E-state index in [1.54, 1.807) is 13.0 Å². The van der Waals surface area contributed by atoms with E-state index in [0.717, 1.165) is 12.1 Å². The molecule has 1 N–H and O–H groups in total. The van der Waals surface area contributed by atoms with Crippen molar-refractivity contribution in [1.29, 1.82) is 5.26 Å². The predicted molar refractivity (Wildman–Crippen MR) is 69.4 cm³/mol. The summed E-state index contributed by atoms with van der Waals surface area (Å²) in [6.07, 6.45) is 1.01. The van der Waals surface area contributed by atoms with Crippen molar-refractivity contribution in [3.63, 3.8) is 0 Å². The fraction of sp³-hybridized carbons (Fsp3) is 0.286. The molecule has 4 nitrogen and oxygen atoms in total. The van der Waals surface area contributed by atoms with Gasteiger partial charge in [-0.3, -0.25) is 4.79 Å². The van der Waals surface area contributed by atoms with Crippen molar-refractivity contribution in [2.75, 3.05) is 13.7 Å². The summed E-state index contributed by atoms with van der Waals surface area (Å²) in [5, 5.41) is 11.4. The molecule has 0 aromatic heterocycles. The van der Waals surface area contributed by atoms with Crippen LogP contribution in [0, 0.1) is 23.0 Å². The fourth-order valence-electron chi connectivity index (χ4n) is 1.53. The highest BCUT2D eigenvalue weighted by atomic mass is 19.2. The van der Waals surface area contributed by atoms with Gasteiger partial charge in [-0.05, 0) is 19.1 Å². The smallest absolute Gasteiger partial charge is 0.262 e. The summed E-state index contributed by atoms with van der Waals surface area (Å²) >= 11 is 0. The standard InChI is InChI=1S/C14H14F2N2O2/c1-9(8-20-2)18-14(19)11(7-17)6-10-4-3-5-12(15)13(10)16/h3-6,9H,8H2,1-2H3,(H,18,19)/b11-6+/t9-/m1/s1. The topological polar surface area (TPSA) is 62.1 Å². The Morgan fingerprint density at radius 1 is 1.55 bits per heavy atom. The lowest BCUT2D eigenvalue weighted by atomic mass is 10.1. The number of carbonyl (C=O) groups excluding carboxylic acids is 1. The molecular weight excluding hydrogens is 266 g/mol. The maximum Gasteiger partial charge on any atom is 0.262 e. The predicted octanol–water partition coefficient (Wildman–Crippen LogP) is 2.02. The van der Waals surface area contributed by atoms with Crippen molar-refractivity contribution in [3.05, 3.63) is 41.0 Å². The molecule has 1 aromatic rings. The molecule has 1 atom stereocenters. The third kappa shape index (κ3) is 4.14. The van der Waals surface area contributed by atoms with Crippen molar-refractivity contribution in [3.8, 4) is 6.07 Å². The van der Waals surface area contributed by atoms with Crippen molar-refractivity contribution >= 4 is 12.0 Å². The zero-order valence-electron chi connectivity index (χ0n) is 11.1. The first-order chi connectivity index (χ1) is 9.49. The van der Waals surface area contributed by atoms with Gasteiger partial charge in [-0.1, -0.05) is 12.1 Å². The molecule has 6 heteroatoms. The molecule has 1 amide bonds. The lowest BCUT2D eigenvalue weighted by molar-refractivity contribution is -0.117. The Labute approximate surface area is 115 Å². The summed E-state index contributed by atoms with van der Waals surface area (Å²) < 4.78 is 31.3. The maximum atomic E-state index is 13.5. The number of hydrogen-bond donors (Lipinski definition) is 1. The van der Waals surface area contributed by atoms with E-state index in [1.165, 1.54) is 19.2 Å². The SMILES string of the molecule is COC[C@@H](C)NC(=O)/C(C#N)=C/c1cccc(F)c1F. The number of nitriles is 1. The Morgan fingerprint density at radius 3 is 2.85 bits per heavy atom. The Morgan fingerprint density at radius 2 is 2.25 bits per heavy atom. The number of halogens is 2. The Balaban J connectivity index is 2.96. The minimum absolute atomic E-state index is 0.156. The van der Waals surface area contributed by atoms with Gasteiger partial charge in [0.05, 0.1) is 6.61 Å². The van der Waals surface area contributed by atoms with Crippen molar-refractivity contribution < 1.29 is 18.3 Å². The van der Waals surface area contributed by atoms with E-state index in [1.807, 2.05) is 0 Å². The van der Waals surface area contributed by atoms with Gasteiger partial charge in [0.1, 0.15) is 11.6 Å². The zero-order chi connectivity index (χ0) is 15.1. The molecule has 0 unspecified atom stereocenters. The number of methoxy groups -OCH3 is 1. The first kappa shape index (κ1) is 15.8. The summed E-state index contributed by atoms with van der Waals surface area (Å²) in [5.74, 6) is -2.80. The zero-order valence-corrected chi connectivity index (χ0v) is 11.1. The quantitative estimate of drug-likeness (QED) is 0.663. The molecule has 106 valence electrons. The number of rotatable bonds is 5. The second-order valence-corrected chi connectivity index (χ2v) is 4.14. The molecule has 0 fully saturated rings. The van der Waals surface area contributed by atoms with Gasteiger partial charge in [0, 0.05) is 18.7 Å². The third-order valence-corrected chi connectivity index (χ3v) is 2.44. The Hall–Kier alpha value is -2.26. The molecule has 0 bridgehead atoms. The van der Waals surface area contributed by atoms with Crippen LogP contribution in [0.5, 0.6) is 0 Å².